The second kappa shape index (κ2) is 4.54. The maximum atomic E-state index is 11.4. The Hall–Kier alpha value is -0.910. The van der Waals surface area contributed by atoms with Gasteiger partial charge in [-0.25, -0.2) is 4.79 Å². The van der Waals surface area contributed by atoms with Crippen LogP contribution in [0.5, 0.6) is 0 Å². The minimum Gasteiger partial charge on any atom is -0.390 e. The lowest BCUT2D eigenvalue weighted by Crippen LogP contribution is -2.11. The van der Waals surface area contributed by atoms with Crippen molar-refractivity contribution in [3.05, 3.63) is 32.9 Å². The van der Waals surface area contributed by atoms with E-state index in [0.29, 0.717) is 5.56 Å². The molecule has 0 spiro atoms. The third kappa shape index (κ3) is 2.54. The summed E-state index contributed by atoms with van der Waals surface area (Å²) in [4.78, 5) is 22.0. The Balaban J connectivity index is 3.01. The van der Waals surface area contributed by atoms with Gasteiger partial charge in [0.2, 0.25) is 0 Å². The second-order valence-corrected chi connectivity index (χ2v) is 3.90. The van der Waals surface area contributed by atoms with Gasteiger partial charge in [-0.05, 0) is 41.1 Å². The van der Waals surface area contributed by atoms with E-state index in [1.165, 1.54) is 6.92 Å². The van der Waals surface area contributed by atoms with Crippen LogP contribution in [0.15, 0.2) is 18.2 Å². The van der Waals surface area contributed by atoms with Crippen LogP contribution in [0.2, 0.25) is 0 Å². The molecule has 14 heavy (non-hydrogen) atoms. The smallest absolute Gasteiger partial charge is 0.346 e. The summed E-state index contributed by atoms with van der Waals surface area (Å²) in [5.74, 6) is -1.18. The minimum absolute atomic E-state index is 0.431. The second-order valence-electron chi connectivity index (χ2n) is 2.82. The number of carbonyl (C=O) groups excluding carboxylic acids is 2. The first-order chi connectivity index (χ1) is 6.52. The number of esters is 2. The summed E-state index contributed by atoms with van der Waals surface area (Å²) in [6.07, 6.45) is 0. The van der Waals surface area contributed by atoms with Gasteiger partial charge in [-0.1, -0.05) is 12.1 Å². The molecule has 74 valence electrons. The molecule has 0 atom stereocenters. The van der Waals surface area contributed by atoms with Gasteiger partial charge in [-0.15, -0.1) is 0 Å². The fourth-order valence-corrected chi connectivity index (χ4v) is 1.57. The number of ether oxygens (including phenoxy) is 1. The summed E-state index contributed by atoms with van der Waals surface area (Å²) in [7, 11) is 0. The van der Waals surface area contributed by atoms with Crippen LogP contribution in [-0.4, -0.2) is 11.9 Å². The molecule has 4 heteroatoms. The van der Waals surface area contributed by atoms with E-state index in [9.17, 15) is 9.59 Å². The molecule has 0 radical (unpaired) electrons. The topological polar surface area (TPSA) is 43.4 Å². The first-order valence-corrected chi connectivity index (χ1v) is 5.08. The summed E-state index contributed by atoms with van der Waals surface area (Å²) in [6, 6.07) is 5.29. The molecule has 0 saturated heterocycles. The van der Waals surface area contributed by atoms with E-state index in [4.69, 9.17) is 0 Å². The van der Waals surface area contributed by atoms with Crippen molar-refractivity contribution in [3.8, 4) is 0 Å². The molecule has 0 heterocycles. The van der Waals surface area contributed by atoms with E-state index in [-0.39, 0.29) is 0 Å². The third-order valence-electron chi connectivity index (χ3n) is 1.65. The van der Waals surface area contributed by atoms with Crippen LogP contribution in [0, 0.1) is 10.5 Å². The van der Waals surface area contributed by atoms with Crippen LogP contribution < -0.4 is 0 Å². The lowest BCUT2D eigenvalue weighted by atomic mass is 10.1. The van der Waals surface area contributed by atoms with E-state index in [2.05, 4.69) is 27.3 Å². The van der Waals surface area contributed by atoms with E-state index in [1.54, 1.807) is 12.1 Å². The van der Waals surface area contributed by atoms with E-state index < -0.39 is 11.9 Å². The molecule has 3 nitrogen and oxygen atoms in total. The van der Waals surface area contributed by atoms with Crippen LogP contribution >= 0.6 is 22.6 Å². The number of halogens is 1. The Morgan fingerprint density at radius 1 is 1.36 bits per heavy atom. The molecule has 0 bridgehead atoms. The minimum atomic E-state index is -0.592. The SMILES string of the molecule is CC(=O)OC(=O)c1cccc(C)c1I. The number of benzene rings is 1. The highest BCUT2D eigenvalue weighted by Crippen LogP contribution is 2.17. The zero-order valence-electron chi connectivity index (χ0n) is 7.83. The summed E-state index contributed by atoms with van der Waals surface area (Å²) < 4.78 is 5.31. The van der Waals surface area contributed by atoms with Gasteiger partial charge in [0.1, 0.15) is 0 Å². The van der Waals surface area contributed by atoms with Crippen molar-refractivity contribution in [1.29, 1.82) is 0 Å². The Kier molecular flexibility index (Phi) is 3.62. The van der Waals surface area contributed by atoms with Crippen molar-refractivity contribution >= 4 is 34.5 Å². The highest BCUT2D eigenvalue weighted by molar-refractivity contribution is 14.1. The molecule has 1 aromatic carbocycles. The maximum Gasteiger partial charge on any atom is 0.346 e. The number of carbonyl (C=O) groups is 2. The quantitative estimate of drug-likeness (QED) is 0.454. The van der Waals surface area contributed by atoms with Crippen LogP contribution in [0.25, 0.3) is 0 Å². The van der Waals surface area contributed by atoms with Gasteiger partial charge >= 0.3 is 11.9 Å². The number of hydrogen-bond acceptors (Lipinski definition) is 3. The molecule has 0 aliphatic heterocycles. The van der Waals surface area contributed by atoms with Crippen molar-refractivity contribution < 1.29 is 14.3 Å². The monoisotopic (exact) mass is 304 g/mol. The summed E-state index contributed by atoms with van der Waals surface area (Å²) in [5.41, 5.74) is 1.42. The molecule has 0 aliphatic rings. The van der Waals surface area contributed by atoms with Gasteiger partial charge in [0, 0.05) is 10.5 Å². The van der Waals surface area contributed by atoms with E-state index in [0.717, 1.165) is 9.13 Å². The van der Waals surface area contributed by atoms with E-state index >= 15 is 0 Å². The van der Waals surface area contributed by atoms with Gasteiger partial charge in [-0.2, -0.15) is 0 Å². The van der Waals surface area contributed by atoms with E-state index in [1.807, 2.05) is 13.0 Å². The van der Waals surface area contributed by atoms with Crippen molar-refractivity contribution in [1.82, 2.24) is 0 Å². The van der Waals surface area contributed by atoms with Crippen molar-refractivity contribution in [2.75, 3.05) is 0 Å². The molecule has 0 unspecified atom stereocenters. The third-order valence-corrected chi connectivity index (χ3v) is 3.08. The highest BCUT2D eigenvalue weighted by atomic mass is 127. The Labute approximate surface area is 95.6 Å². The largest absolute Gasteiger partial charge is 0.390 e. The molecule has 0 saturated carbocycles. The first-order valence-electron chi connectivity index (χ1n) is 4.00. The normalized spacial score (nSPS) is 9.64. The zero-order valence-corrected chi connectivity index (χ0v) is 9.99. The maximum absolute atomic E-state index is 11.4. The van der Waals surface area contributed by atoms with Gasteiger partial charge in [0.25, 0.3) is 0 Å². The van der Waals surface area contributed by atoms with Crippen LogP contribution in [0.4, 0.5) is 0 Å². The molecule has 0 amide bonds. The van der Waals surface area contributed by atoms with Crippen molar-refractivity contribution in [2.45, 2.75) is 13.8 Å². The summed E-state index contributed by atoms with van der Waals surface area (Å²) >= 11 is 2.05. The van der Waals surface area contributed by atoms with Crippen molar-refractivity contribution in [3.63, 3.8) is 0 Å². The highest BCUT2D eigenvalue weighted by Gasteiger charge is 2.13. The van der Waals surface area contributed by atoms with Crippen LogP contribution in [-0.2, 0) is 9.53 Å². The van der Waals surface area contributed by atoms with Gasteiger partial charge in [0.15, 0.2) is 0 Å². The van der Waals surface area contributed by atoms with Crippen LogP contribution in [0.3, 0.4) is 0 Å². The molecular formula is C10H9IO3. The summed E-state index contributed by atoms with van der Waals surface area (Å²) in [5, 5.41) is 0. The average Bonchev–Trinajstić information content (AvgIpc) is 2.08. The molecular weight excluding hydrogens is 295 g/mol. The molecule has 0 aliphatic carbocycles. The number of aryl methyl sites for hydroxylation is 1. The number of hydrogen-bond donors (Lipinski definition) is 0. The predicted molar refractivity (Wildman–Crippen MR) is 60.0 cm³/mol. The van der Waals surface area contributed by atoms with Gasteiger partial charge < -0.3 is 4.74 Å². The number of rotatable bonds is 1. The lowest BCUT2D eigenvalue weighted by Gasteiger charge is -2.04. The molecule has 1 aromatic rings. The summed E-state index contributed by atoms with van der Waals surface area (Å²) in [6.45, 7) is 3.10. The first kappa shape index (κ1) is 11.2. The lowest BCUT2D eigenvalue weighted by molar-refractivity contribution is -0.135. The Morgan fingerprint density at radius 3 is 2.57 bits per heavy atom. The van der Waals surface area contributed by atoms with Gasteiger partial charge in [0.05, 0.1) is 5.56 Å². The molecule has 0 N–H and O–H groups in total. The zero-order chi connectivity index (χ0) is 10.7. The molecule has 0 fully saturated rings. The molecule has 0 aromatic heterocycles. The Bertz CT molecular complexity index is 385. The standard InChI is InChI=1S/C10H9IO3/c1-6-4-3-5-8(9(6)11)10(13)14-7(2)12/h3-5H,1-2H3. The van der Waals surface area contributed by atoms with Crippen molar-refractivity contribution in [2.24, 2.45) is 0 Å². The fraction of sp³-hybridized carbons (Fsp3) is 0.200. The van der Waals surface area contributed by atoms with Gasteiger partial charge in [-0.3, -0.25) is 4.79 Å². The predicted octanol–water partition coefficient (Wildman–Crippen LogP) is 2.30. The Morgan fingerprint density at radius 2 is 2.00 bits per heavy atom. The van der Waals surface area contributed by atoms with Crippen LogP contribution in [0.1, 0.15) is 22.8 Å². The fourth-order valence-electron chi connectivity index (χ4n) is 0.991. The molecule has 1 rings (SSSR count). The average molecular weight is 304 g/mol.